The average molecular weight is 467 g/mol. The number of carboxylic acids is 1. The van der Waals surface area contributed by atoms with Gasteiger partial charge in [-0.05, 0) is 32.1 Å². The Morgan fingerprint density at radius 2 is 1.21 bits per heavy atom. The number of carboxylic acid groups (broad SMARTS) is 1. The minimum Gasteiger partial charge on any atom is -0.481 e. The van der Waals surface area contributed by atoms with Crippen molar-refractivity contribution in [3.63, 3.8) is 0 Å². The van der Waals surface area contributed by atoms with Crippen molar-refractivity contribution in [1.82, 2.24) is 0 Å². The molecule has 2 fully saturated rings. The van der Waals surface area contributed by atoms with Gasteiger partial charge in [0.15, 0.2) is 0 Å². The van der Waals surface area contributed by atoms with Crippen LogP contribution in [0.2, 0.25) is 0 Å². The first-order valence-electron chi connectivity index (χ1n) is 14.2. The zero-order valence-corrected chi connectivity index (χ0v) is 21.2. The fourth-order valence-electron chi connectivity index (χ4n) is 5.31. The Labute approximate surface area is 202 Å². The van der Waals surface area contributed by atoms with Crippen molar-refractivity contribution in [2.45, 2.75) is 148 Å². The molecule has 0 bridgehead atoms. The Morgan fingerprint density at radius 1 is 0.727 bits per heavy atom. The smallest absolute Gasteiger partial charge is 0.309 e. The molecule has 0 aromatic rings. The van der Waals surface area contributed by atoms with Crippen LogP contribution in [0, 0.1) is 11.8 Å². The number of ether oxygens (including phenoxy) is 2. The summed E-state index contributed by atoms with van der Waals surface area (Å²) in [7, 11) is 0. The highest BCUT2D eigenvalue weighted by molar-refractivity contribution is 5.81. The summed E-state index contributed by atoms with van der Waals surface area (Å²) < 4.78 is 11.2. The quantitative estimate of drug-likeness (QED) is 0.114. The molecule has 2 aliphatic rings. The van der Waals surface area contributed by atoms with Gasteiger partial charge >= 0.3 is 11.9 Å². The summed E-state index contributed by atoms with van der Waals surface area (Å²) in [6.45, 7) is 2.70. The summed E-state index contributed by atoms with van der Waals surface area (Å²) in [6, 6.07) is 0. The van der Waals surface area contributed by atoms with E-state index in [2.05, 4.69) is 6.92 Å². The lowest BCUT2D eigenvalue weighted by molar-refractivity contribution is -0.159. The lowest BCUT2D eigenvalue weighted by Crippen LogP contribution is -2.33. The largest absolute Gasteiger partial charge is 0.481 e. The van der Waals surface area contributed by atoms with E-state index >= 15 is 0 Å². The number of hydrogen-bond acceptors (Lipinski definition) is 4. The van der Waals surface area contributed by atoms with E-state index < -0.39 is 17.8 Å². The summed E-state index contributed by atoms with van der Waals surface area (Å²) in [4.78, 5) is 23.6. The van der Waals surface area contributed by atoms with Crippen molar-refractivity contribution in [3.05, 3.63) is 0 Å². The van der Waals surface area contributed by atoms with Crippen LogP contribution in [0.3, 0.4) is 0 Å². The maximum Gasteiger partial charge on any atom is 0.309 e. The lowest BCUT2D eigenvalue weighted by atomic mass is 9.79. The van der Waals surface area contributed by atoms with E-state index in [0.29, 0.717) is 31.7 Å². The molecule has 0 spiro atoms. The maximum atomic E-state index is 12.2. The molecule has 1 N–H and O–H groups in total. The zero-order chi connectivity index (χ0) is 23.7. The zero-order valence-electron chi connectivity index (χ0n) is 21.2. The molecule has 0 radical (unpaired) electrons. The molecule has 5 nitrogen and oxygen atoms in total. The molecule has 1 aliphatic carbocycles. The Hall–Kier alpha value is -1.10. The molecule has 192 valence electrons. The van der Waals surface area contributed by atoms with Gasteiger partial charge in [0.25, 0.3) is 0 Å². The van der Waals surface area contributed by atoms with Crippen LogP contribution < -0.4 is 0 Å². The van der Waals surface area contributed by atoms with Crippen molar-refractivity contribution in [2.75, 3.05) is 6.61 Å². The molecule has 0 aromatic heterocycles. The molecular formula is C28H50O5. The van der Waals surface area contributed by atoms with E-state index in [0.717, 1.165) is 32.1 Å². The SMILES string of the molecule is CCCCCCCCCCCC1OC1CCCCCCCOC(=O)C1CCCCC1C(=O)O. The summed E-state index contributed by atoms with van der Waals surface area (Å²) >= 11 is 0. The normalized spacial score (nSPS) is 24.5. The first-order valence-corrected chi connectivity index (χ1v) is 14.2. The molecule has 0 amide bonds. The van der Waals surface area contributed by atoms with Crippen LogP contribution in [0.1, 0.15) is 135 Å². The molecule has 1 heterocycles. The van der Waals surface area contributed by atoms with E-state index in [9.17, 15) is 14.7 Å². The Morgan fingerprint density at radius 3 is 1.76 bits per heavy atom. The minimum absolute atomic E-state index is 0.300. The van der Waals surface area contributed by atoms with Gasteiger partial charge in [0, 0.05) is 0 Å². The van der Waals surface area contributed by atoms with Gasteiger partial charge in [0.05, 0.1) is 30.7 Å². The van der Waals surface area contributed by atoms with Crippen LogP contribution in [-0.2, 0) is 19.1 Å². The molecular weight excluding hydrogens is 416 g/mol. The maximum absolute atomic E-state index is 12.2. The van der Waals surface area contributed by atoms with Crippen LogP contribution in [0.5, 0.6) is 0 Å². The number of rotatable bonds is 20. The molecule has 4 unspecified atom stereocenters. The van der Waals surface area contributed by atoms with Crippen molar-refractivity contribution >= 4 is 11.9 Å². The second-order valence-electron chi connectivity index (χ2n) is 10.4. The molecule has 1 saturated carbocycles. The van der Waals surface area contributed by atoms with Gasteiger partial charge in [-0.3, -0.25) is 9.59 Å². The van der Waals surface area contributed by atoms with Crippen molar-refractivity contribution in [1.29, 1.82) is 0 Å². The topological polar surface area (TPSA) is 76.1 Å². The third kappa shape index (κ3) is 12.2. The Balaban J connectivity index is 1.34. The van der Waals surface area contributed by atoms with Gasteiger partial charge in [-0.15, -0.1) is 0 Å². The Bertz CT molecular complexity index is 534. The van der Waals surface area contributed by atoms with Gasteiger partial charge in [0.1, 0.15) is 0 Å². The number of unbranched alkanes of at least 4 members (excludes halogenated alkanes) is 12. The number of esters is 1. The van der Waals surface area contributed by atoms with Crippen molar-refractivity contribution in [2.24, 2.45) is 11.8 Å². The highest BCUT2D eigenvalue weighted by Crippen LogP contribution is 2.32. The third-order valence-electron chi connectivity index (χ3n) is 7.54. The number of epoxide rings is 1. The minimum atomic E-state index is -0.855. The van der Waals surface area contributed by atoms with E-state index in [1.165, 1.54) is 83.5 Å². The van der Waals surface area contributed by atoms with E-state index in [1.54, 1.807) is 0 Å². The van der Waals surface area contributed by atoms with E-state index in [1.807, 2.05) is 0 Å². The molecule has 5 heteroatoms. The monoisotopic (exact) mass is 466 g/mol. The van der Waals surface area contributed by atoms with E-state index in [-0.39, 0.29) is 5.97 Å². The number of hydrogen-bond donors (Lipinski definition) is 1. The van der Waals surface area contributed by atoms with Gasteiger partial charge in [-0.25, -0.2) is 0 Å². The summed E-state index contributed by atoms with van der Waals surface area (Å²) in [5.74, 6) is -2.16. The van der Waals surface area contributed by atoms with Crippen LogP contribution in [-0.4, -0.2) is 35.9 Å². The first kappa shape index (κ1) is 28.1. The molecule has 33 heavy (non-hydrogen) atoms. The van der Waals surface area contributed by atoms with Gasteiger partial charge in [0.2, 0.25) is 0 Å². The number of carbonyl (C=O) groups is 2. The highest BCUT2D eigenvalue weighted by atomic mass is 16.6. The molecule has 2 rings (SSSR count). The van der Waals surface area contributed by atoms with Crippen LogP contribution in [0.25, 0.3) is 0 Å². The Kier molecular flexibility index (Phi) is 14.8. The summed E-state index contributed by atoms with van der Waals surface area (Å²) in [5.41, 5.74) is 0. The predicted molar refractivity (Wildman–Crippen MR) is 132 cm³/mol. The second-order valence-corrected chi connectivity index (χ2v) is 10.4. The van der Waals surface area contributed by atoms with Gasteiger partial charge < -0.3 is 14.6 Å². The fourth-order valence-corrected chi connectivity index (χ4v) is 5.31. The highest BCUT2D eigenvalue weighted by Gasteiger charge is 2.37. The van der Waals surface area contributed by atoms with E-state index in [4.69, 9.17) is 9.47 Å². The molecule has 4 atom stereocenters. The number of carbonyl (C=O) groups excluding carboxylic acids is 1. The molecule has 1 aliphatic heterocycles. The van der Waals surface area contributed by atoms with Crippen molar-refractivity contribution < 1.29 is 24.2 Å². The standard InChI is InChI=1S/C28H50O5/c1-2-3-4-5-6-7-8-10-13-20-25-26(33-25)21-14-11-9-12-17-22-32-28(31)24-19-16-15-18-23(24)27(29)30/h23-26H,2-22H2,1H3,(H,29,30). The molecule has 1 saturated heterocycles. The second kappa shape index (κ2) is 17.4. The number of aliphatic carboxylic acids is 1. The molecule has 0 aromatic carbocycles. The van der Waals surface area contributed by atoms with Crippen molar-refractivity contribution in [3.8, 4) is 0 Å². The predicted octanol–water partition coefficient (Wildman–Crippen LogP) is 7.45. The van der Waals surface area contributed by atoms with Gasteiger partial charge in [-0.2, -0.15) is 0 Å². The average Bonchev–Trinajstić information content (AvgIpc) is 3.57. The lowest BCUT2D eigenvalue weighted by Gasteiger charge is -2.26. The first-order chi connectivity index (χ1) is 16.1. The van der Waals surface area contributed by atoms with Crippen LogP contribution in [0.15, 0.2) is 0 Å². The fraction of sp³-hybridized carbons (Fsp3) is 0.929. The summed E-state index contributed by atoms with van der Waals surface area (Å²) in [6.07, 6.45) is 24.5. The van der Waals surface area contributed by atoms with Crippen LogP contribution >= 0.6 is 0 Å². The summed E-state index contributed by atoms with van der Waals surface area (Å²) in [5, 5.41) is 9.30. The third-order valence-corrected chi connectivity index (χ3v) is 7.54. The van der Waals surface area contributed by atoms with Crippen LogP contribution in [0.4, 0.5) is 0 Å². The van der Waals surface area contributed by atoms with Gasteiger partial charge in [-0.1, -0.05) is 103 Å².